The lowest BCUT2D eigenvalue weighted by atomic mass is 10.1. The van der Waals surface area contributed by atoms with Crippen molar-refractivity contribution in [2.45, 2.75) is 6.10 Å². The lowest BCUT2D eigenvalue weighted by molar-refractivity contribution is 0.00580. The van der Waals surface area contributed by atoms with Crippen molar-refractivity contribution in [3.05, 3.63) is 34.1 Å². The van der Waals surface area contributed by atoms with Gasteiger partial charge in [0.15, 0.2) is 0 Å². The maximum Gasteiger partial charge on any atom is 0.255 e. The second-order valence-corrected chi connectivity index (χ2v) is 4.34. The summed E-state index contributed by atoms with van der Waals surface area (Å²) in [5.41, 5.74) is 0.293. The molecule has 1 aliphatic heterocycles. The van der Waals surface area contributed by atoms with Gasteiger partial charge in [-0.1, -0.05) is 0 Å². The van der Waals surface area contributed by atoms with Gasteiger partial charge in [-0.25, -0.2) is 4.39 Å². The number of likely N-dealkylation sites (tertiary alicyclic amines) is 1. The van der Waals surface area contributed by atoms with Crippen LogP contribution in [0.3, 0.4) is 0 Å². The predicted octanol–water partition coefficient (Wildman–Crippen LogP) is 1.40. The molecule has 5 heteroatoms. The van der Waals surface area contributed by atoms with Gasteiger partial charge in [-0.3, -0.25) is 4.79 Å². The van der Waals surface area contributed by atoms with Crippen molar-refractivity contribution in [1.29, 1.82) is 0 Å². The first-order valence-corrected chi connectivity index (χ1v) is 5.29. The molecule has 0 aromatic heterocycles. The van der Waals surface area contributed by atoms with E-state index < -0.39 is 11.9 Å². The van der Waals surface area contributed by atoms with Crippen LogP contribution < -0.4 is 0 Å². The lowest BCUT2D eigenvalue weighted by Crippen LogP contribution is -2.53. The predicted molar refractivity (Wildman–Crippen MR) is 56.0 cm³/mol. The maximum atomic E-state index is 12.9. The second kappa shape index (κ2) is 3.90. The van der Waals surface area contributed by atoms with Crippen molar-refractivity contribution in [1.82, 2.24) is 4.90 Å². The molecule has 1 aromatic rings. The van der Waals surface area contributed by atoms with Crippen LogP contribution >= 0.6 is 15.9 Å². The summed E-state index contributed by atoms with van der Waals surface area (Å²) in [5, 5.41) is 9.06. The average Bonchev–Trinajstić information content (AvgIpc) is 2.16. The Morgan fingerprint density at radius 3 is 2.80 bits per heavy atom. The standard InChI is InChI=1S/C10H9BrFNO2/c11-9-2-1-6(12)3-8(9)10(15)13-4-7(14)5-13/h1-3,7,14H,4-5H2. The van der Waals surface area contributed by atoms with E-state index in [1.165, 1.54) is 23.1 Å². The van der Waals surface area contributed by atoms with Gasteiger partial charge in [-0.05, 0) is 34.1 Å². The molecule has 0 aliphatic carbocycles. The van der Waals surface area contributed by atoms with E-state index in [0.717, 1.165) is 0 Å². The zero-order valence-electron chi connectivity index (χ0n) is 7.78. The first-order chi connectivity index (χ1) is 7.08. The molecule has 0 spiro atoms. The number of carbonyl (C=O) groups excluding carboxylic acids is 1. The molecule has 1 saturated heterocycles. The molecule has 1 amide bonds. The Labute approximate surface area is 94.6 Å². The third kappa shape index (κ3) is 2.03. The molecule has 0 bridgehead atoms. The summed E-state index contributed by atoms with van der Waals surface area (Å²) in [6.45, 7) is 0.642. The van der Waals surface area contributed by atoms with Crippen molar-refractivity contribution < 1.29 is 14.3 Å². The first-order valence-electron chi connectivity index (χ1n) is 4.50. The highest BCUT2D eigenvalue weighted by Gasteiger charge is 2.30. The summed E-state index contributed by atoms with van der Waals surface area (Å²) in [6, 6.07) is 3.97. The molecule has 0 radical (unpaired) electrons. The average molecular weight is 274 g/mol. The fourth-order valence-corrected chi connectivity index (χ4v) is 1.87. The van der Waals surface area contributed by atoms with E-state index in [-0.39, 0.29) is 5.91 Å². The molecule has 0 saturated carbocycles. The Kier molecular flexibility index (Phi) is 2.75. The molecule has 3 nitrogen and oxygen atoms in total. The number of carbonyl (C=O) groups is 1. The SMILES string of the molecule is O=C(c1cc(F)ccc1Br)N1CC(O)C1. The van der Waals surface area contributed by atoms with Gasteiger partial charge in [0.1, 0.15) is 5.82 Å². The van der Waals surface area contributed by atoms with Crippen LogP contribution in [0.25, 0.3) is 0 Å². The fourth-order valence-electron chi connectivity index (χ4n) is 1.45. The minimum absolute atomic E-state index is 0.258. The Bertz CT molecular complexity index is 404. The van der Waals surface area contributed by atoms with Crippen LogP contribution in [0.15, 0.2) is 22.7 Å². The maximum absolute atomic E-state index is 12.9. The van der Waals surface area contributed by atoms with E-state index >= 15 is 0 Å². The van der Waals surface area contributed by atoms with Crippen molar-refractivity contribution in [3.8, 4) is 0 Å². The zero-order chi connectivity index (χ0) is 11.0. The molecule has 15 heavy (non-hydrogen) atoms. The van der Waals surface area contributed by atoms with Crippen LogP contribution in [-0.2, 0) is 0 Å². The number of halogens is 2. The number of benzene rings is 1. The smallest absolute Gasteiger partial charge is 0.255 e. The number of aliphatic hydroxyl groups excluding tert-OH is 1. The van der Waals surface area contributed by atoms with Gasteiger partial charge in [0.25, 0.3) is 5.91 Å². The van der Waals surface area contributed by atoms with Crippen molar-refractivity contribution in [2.24, 2.45) is 0 Å². The normalized spacial score (nSPS) is 16.3. The van der Waals surface area contributed by atoms with E-state index in [2.05, 4.69) is 15.9 Å². The van der Waals surface area contributed by atoms with Crippen molar-refractivity contribution in [2.75, 3.05) is 13.1 Å². The molecule has 2 rings (SSSR count). The Balaban J connectivity index is 2.22. The number of hydrogen-bond acceptors (Lipinski definition) is 2. The van der Waals surface area contributed by atoms with Crippen LogP contribution in [0.1, 0.15) is 10.4 Å². The topological polar surface area (TPSA) is 40.5 Å². The summed E-state index contributed by atoms with van der Waals surface area (Å²) in [6.07, 6.45) is -0.443. The fraction of sp³-hybridized carbons (Fsp3) is 0.300. The Morgan fingerprint density at radius 2 is 2.20 bits per heavy atom. The third-order valence-electron chi connectivity index (χ3n) is 2.31. The largest absolute Gasteiger partial charge is 0.389 e. The highest BCUT2D eigenvalue weighted by atomic mass is 79.9. The quantitative estimate of drug-likeness (QED) is 0.841. The lowest BCUT2D eigenvalue weighted by Gasteiger charge is -2.36. The highest BCUT2D eigenvalue weighted by Crippen LogP contribution is 2.21. The summed E-state index contributed by atoms with van der Waals surface area (Å²) in [7, 11) is 0. The number of nitrogens with zero attached hydrogens (tertiary/aromatic N) is 1. The summed E-state index contributed by atoms with van der Waals surface area (Å²) in [4.78, 5) is 13.2. The molecule has 1 aromatic carbocycles. The highest BCUT2D eigenvalue weighted by molar-refractivity contribution is 9.10. The van der Waals surface area contributed by atoms with E-state index in [0.29, 0.717) is 23.1 Å². The van der Waals surface area contributed by atoms with Crippen molar-refractivity contribution in [3.63, 3.8) is 0 Å². The number of rotatable bonds is 1. The molecular formula is C10H9BrFNO2. The molecule has 1 N–H and O–H groups in total. The molecule has 1 heterocycles. The molecule has 1 fully saturated rings. The first kappa shape index (κ1) is 10.6. The minimum Gasteiger partial charge on any atom is -0.389 e. The second-order valence-electron chi connectivity index (χ2n) is 3.49. The Morgan fingerprint density at radius 1 is 1.53 bits per heavy atom. The van der Waals surface area contributed by atoms with Gasteiger partial charge < -0.3 is 10.0 Å². The van der Waals surface area contributed by atoms with Crippen LogP contribution in [0.2, 0.25) is 0 Å². The minimum atomic E-state index is -0.443. The van der Waals surface area contributed by atoms with Crippen LogP contribution in [0.4, 0.5) is 4.39 Å². The van der Waals surface area contributed by atoms with Gasteiger partial charge in [-0.2, -0.15) is 0 Å². The third-order valence-corrected chi connectivity index (χ3v) is 3.00. The summed E-state index contributed by atoms with van der Waals surface area (Å²) in [5.74, 6) is -0.700. The Hall–Kier alpha value is -0.940. The van der Waals surface area contributed by atoms with Gasteiger partial charge in [-0.15, -0.1) is 0 Å². The van der Waals surface area contributed by atoms with E-state index in [1.54, 1.807) is 0 Å². The van der Waals surface area contributed by atoms with E-state index in [9.17, 15) is 9.18 Å². The van der Waals surface area contributed by atoms with Crippen molar-refractivity contribution >= 4 is 21.8 Å². The number of hydrogen-bond donors (Lipinski definition) is 1. The van der Waals surface area contributed by atoms with E-state index in [1.807, 2.05) is 0 Å². The van der Waals surface area contributed by atoms with Gasteiger partial charge in [0, 0.05) is 17.6 Å². The zero-order valence-corrected chi connectivity index (χ0v) is 9.37. The molecule has 80 valence electrons. The molecule has 0 unspecified atom stereocenters. The van der Waals surface area contributed by atoms with Crippen LogP contribution in [-0.4, -0.2) is 35.1 Å². The van der Waals surface area contributed by atoms with Crippen LogP contribution in [0, 0.1) is 5.82 Å². The molecular weight excluding hydrogens is 265 g/mol. The number of β-amino-alcohol motifs (C(OH)–C–C–N with tert-alkyl or cyclic N) is 1. The summed E-state index contributed by atoms with van der Waals surface area (Å²) >= 11 is 3.19. The summed E-state index contributed by atoms with van der Waals surface area (Å²) < 4.78 is 13.5. The molecule has 1 aliphatic rings. The van der Waals surface area contributed by atoms with Gasteiger partial charge in [0.05, 0.1) is 11.7 Å². The monoisotopic (exact) mass is 273 g/mol. The van der Waals surface area contributed by atoms with Crippen LogP contribution in [0.5, 0.6) is 0 Å². The number of aliphatic hydroxyl groups is 1. The molecule has 0 atom stereocenters. The van der Waals surface area contributed by atoms with Gasteiger partial charge in [0.2, 0.25) is 0 Å². The van der Waals surface area contributed by atoms with E-state index in [4.69, 9.17) is 5.11 Å². The number of amides is 1. The van der Waals surface area contributed by atoms with Gasteiger partial charge >= 0.3 is 0 Å².